The van der Waals surface area contributed by atoms with Gasteiger partial charge in [-0.05, 0) is 191 Å². The van der Waals surface area contributed by atoms with Gasteiger partial charge in [-0.2, -0.15) is 4.58 Å². The fraction of sp³-hybridized carbons (Fsp3) is 0.529. The van der Waals surface area contributed by atoms with Crippen molar-refractivity contribution in [1.29, 1.82) is 0 Å². The molecule has 0 bridgehead atoms. The van der Waals surface area contributed by atoms with Crippen LogP contribution in [0.5, 0.6) is 0 Å². The van der Waals surface area contributed by atoms with Crippen LogP contribution in [0.4, 0.5) is 5.69 Å². The number of benzene rings is 4. The molecule has 4 fully saturated rings. The Balaban J connectivity index is 0.000000169. The second-order valence-electron chi connectivity index (χ2n) is 27.0. The van der Waals surface area contributed by atoms with Crippen LogP contribution in [0.15, 0.2) is 87.6 Å². The van der Waals surface area contributed by atoms with Gasteiger partial charge in [-0.25, -0.2) is 31.3 Å². The molecule has 0 unspecified atom stereocenters. The highest BCUT2D eigenvalue weighted by Gasteiger charge is 2.39. The van der Waals surface area contributed by atoms with Gasteiger partial charge >= 0.3 is 5.91 Å². The van der Waals surface area contributed by atoms with Crippen LogP contribution in [0.1, 0.15) is 167 Å². The van der Waals surface area contributed by atoms with E-state index in [9.17, 15) is 36.0 Å². The van der Waals surface area contributed by atoms with E-state index in [0.717, 1.165) is 157 Å². The predicted molar refractivity (Wildman–Crippen MR) is 344 cm³/mol. The first-order valence-electron chi connectivity index (χ1n) is 31.6. The maximum Gasteiger partial charge on any atom is 0.312 e. The second kappa shape index (κ2) is 26.2. The number of sulfonamides is 2. The lowest BCUT2D eigenvalue weighted by Gasteiger charge is -2.30. The number of piperidine rings is 2. The van der Waals surface area contributed by atoms with E-state index in [0.29, 0.717) is 17.2 Å². The average molecular weight is 1250 g/mol. The summed E-state index contributed by atoms with van der Waals surface area (Å²) in [6, 6.07) is 23.0. The number of nitrogens with one attached hydrogen (secondary N) is 2. The third-order valence-corrected chi connectivity index (χ3v) is 21.5. The minimum Gasteiger partial charge on any atom is -0.342 e. The molecule has 6 heterocycles. The van der Waals surface area contributed by atoms with Crippen molar-refractivity contribution < 1.29 is 36.0 Å². The van der Waals surface area contributed by atoms with Gasteiger partial charge < -0.3 is 19.3 Å². The maximum atomic E-state index is 14.2. The number of hydrogen-bond acceptors (Lipinski definition) is 8. The van der Waals surface area contributed by atoms with E-state index in [-0.39, 0.29) is 58.9 Å². The Bertz CT molecular complexity index is 4010. The molecule has 5 aromatic rings. The zero-order chi connectivity index (χ0) is 62.2. The molecule has 2 saturated heterocycles. The first-order valence-corrected chi connectivity index (χ1v) is 35.1. The summed E-state index contributed by atoms with van der Waals surface area (Å²) in [5, 5.41) is 4.48. The fourth-order valence-corrected chi connectivity index (χ4v) is 17.0. The highest BCUT2D eigenvalue weighted by Crippen LogP contribution is 2.48. The van der Waals surface area contributed by atoms with Crippen molar-refractivity contribution in [2.45, 2.75) is 191 Å². The Morgan fingerprint density at radius 3 is 1.76 bits per heavy atom. The molecular weight excluding hydrogens is 1160 g/mol. The van der Waals surface area contributed by atoms with Crippen molar-refractivity contribution in [3.63, 3.8) is 0 Å². The smallest absolute Gasteiger partial charge is 0.312 e. The molecule has 87 heavy (non-hydrogen) atoms. The Hall–Kier alpha value is -6.05. The zero-order valence-electron chi connectivity index (χ0n) is 52.2. The molecule has 2 aliphatic carbocycles. The van der Waals surface area contributed by atoms with E-state index < -0.39 is 31.1 Å². The number of carbonyl (C=O) groups is 4. The number of aryl methyl sites for hydroxylation is 2. The first-order chi connectivity index (χ1) is 41.3. The fourth-order valence-electron chi connectivity index (χ4n) is 13.9. The number of likely N-dealkylation sites (tertiary alicyclic amines) is 2. The summed E-state index contributed by atoms with van der Waals surface area (Å²) in [5.41, 5.74) is 7.72. The number of aromatic nitrogens is 1. The van der Waals surface area contributed by atoms with Crippen LogP contribution in [0.3, 0.4) is 0 Å². The molecule has 466 valence electrons. The predicted octanol–water partition coefficient (Wildman–Crippen LogP) is 8.61. The molecule has 7 aliphatic rings. The van der Waals surface area contributed by atoms with Crippen molar-refractivity contribution in [2.75, 3.05) is 50.0 Å². The van der Waals surface area contributed by atoms with E-state index >= 15 is 0 Å². The maximum absolute atomic E-state index is 14.2. The van der Waals surface area contributed by atoms with Crippen molar-refractivity contribution >= 4 is 83.1 Å². The van der Waals surface area contributed by atoms with Gasteiger partial charge in [-0.1, -0.05) is 62.8 Å². The highest BCUT2D eigenvalue weighted by atomic mass is 35.5. The molecule has 12 rings (SSSR count). The standard InChI is InChI=1S/C34H44N4O4S.C27H32N3O3S.C7H12ClNO/c1-23-13-15-27-28(19-23)37(21-30(39)36-17-9-6-10-18-36)31(40)22-38-29-20-25(43(41,42)35-34(2,3)4)14-16-26(29)32(33(27)38)24-11-7-5-8-12-24;1-17-10-12-20-22(14-17)28-24(31)16-30-23-15-19(34(32,33)29-27(2,3)4)11-13-21(23)25(26(20)30)18-8-6-5-7-9-18;8-6-7(10)9-4-2-1-3-5-9/h13-16,19-20,24,35H,5-12,17-18,21-22H2,1-4H3;10-15,18,29H,5-9,16H2,1-4H3;1-6H2/q;+1;. The monoisotopic (exact) mass is 1240 g/mol. The van der Waals surface area contributed by atoms with Crippen LogP contribution in [0, 0.1) is 19.8 Å². The van der Waals surface area contributed by atoms with Gasteiger partial charge in [-0.15, -0.1) is 11.6 Å². The molecule has 0 radical (unpaired) electrons. The summed E-state index contributed by atoms with van der Waals surface area (Å²) in [4.78, 5) is 61.7. The van der Waals surface area contributed by atoms with Crippen LogP contribution in [0.25, 0.3) is 33.4 Å². The number of nitrogens with zero attached hydrogens (tertiary/aromatic N) is 6. The molecule has 2 N–H and O–H groups in total. The van der Waals surface area contributed by atoms with E-state index in [1.165, 1.54) is 43.2 Å². The van der Waals surface area contributed by atoms with Crippen LogP contribution >= 0.6 is 11.6 Å². The normalized spacial score (nSPS) is 18.7. The Morgan fingerprint density at radius 2 is 1.16 bits per heavy atom. The van der Waals surface area contributed by atoms with Gasteiger partial charge in [0.05, 0.1) is 42.5 Å². The van der Waals surface area contributed by atoms with Crippen molar-refractivity contribution in [3.05, 3.63) is 111 Å². The minimum absolute atomic E-state index is 0.00590. The lowest BCUT2D eigenvalue weighted by molar-refractivity contribution is -0.132. The summed E-state index contributed by atoms with van der Waals surface area (Å²) >= 11 is 5.39. The molecular formula is C68H88ClN8O8S2+. The molecule has 2 saturated carbocycles. The van der Waals surface area contributed by atoms with Crippen molar-refractivity contribution in [1.82, 2.24) is 28.4 Å². The van der Waals surface area contributed by atoms with Crippen molar-refractivity contribution in [2.24, 2.45) is 10.9 Å². The van der Waals surface area contributed by atoms with Gasteiger partial charge in [-0.3, -0.25) is 19.2 Å². The third-order valence-electron chi connectivity index (χ3n) is 17.7. The number of carbonyl (C=O) groups excluding carboxylic acids is 4. The van der Waals surface area contributed by atoms with E-state index in [2.05, 4.69) is 38.7 Å². The Labute approximate surface area is 518 Å². The first kappa shape index (κ1) is 64.0. The molecule has 5 aliphatic heterocycles. The number of rotatable bonds is 9. The second-order valence-corrected chi connectivity index (χ2v) is 30.6. The lowest BCUT2D eigenvalue weighted by atomic mass is 9.81. The highest BCUT2D eigenvalue weighted by molar-refractivity contribution is 7.89. The lowest BCUT2D eigenvalue weighted by Crippen LogP contribution is -2.45. The molecule has 16 nitrogen and oxygen atoms in total. The summed E-state index contributed by atoms with van der Waals surface area (Å²) < 4.78 is 62.7. The van der Waals surface area contributed by atoms with E-state index in [4.69, 9.17) is 11.6 Å². The molecule has 19 heteroatoms. The Morgan fingerprint density at radius 1 is 0.632 bits per heavy atom. The van der Waals surface area contributed by atoms with Gasteiger partial charge in [0.15, 0.2) is 0 Å². The van der Waals surface area contributed by atoms with Crippen LogP contribution < -0.4 is 40.1 Å². The number of fused-ring (bicyclic) bond motifs is 8. The summed E-state index contributed by atoms with van der Waals surface area (Å²) in [7, 11) is -7.50. The van der Waals surface area contributed by atoms with Gasteiger partial charge in [0, 0.05) is 59.8 Å². The quantitative estimate of drug-likeness (QED) is 0.108. The number of halogens is 1. The van der Waals surface area contributed by atoms with Crippen LogP contribution in [0.2, 0.25) is 0 Å². The minimum atomic E-state index is -3.79. The topological polar surface area (TPSA) is 191 Å². The number of hydrogen-bond donors (Lipinski definition) is 2. The molecule has 4 aromatic carbocycles. The number of alkyl halides is 1. The largest absolute Gasteiger partial charge is 0.342 e. The summed E-state index contributed by atoms with van der Waals surface area (Å²) in [6.07, 6.45) is 18.1. The third kappa shape index (κ3) is 14.4. The summed E-state index contributed by atoms with van der Waals surface area (Å²) in [6.45, 7) is 18.4. The van der Waals surface area contributed by atoms with Crippen molar-refractivity contribution in [3.8, 4) is 11.3 Å². The number of amides is 4. The average Bonchev–Trinajstić information content (AvgIpc) is 1.60. The van der Waals surface area contributed by atoms with Crippen LogP contribution in [-0.2, 0) is 45.8 Å². The molecule has 1 aromatic heterocycles. The number of anilines is 1. The SMILES string of the molecule is Cc1ccc2c(c1)=NC(=O)C[N+]1=c3cc(S(=O)(=O)NC(C)(C)C)ccc3=C(C3CCCCC3)C=21.Cc1ccc2c(c1)N(CC(=O)N1CCCCC1)C(=O)Cn1c-2c(C2CCCCC2)c2ccc(S(=O)(=O)NC(C)(C)C)cc21.O=C(CCl)N1CCCCC1. The zero-order valence-corrected chi connectivity index (χ0v) is 54.6. The summed E-state index contributed by atoms with van der Waals surface area (Å²) in [5.74, 6) is 0.508. The molecule has 0 atom stereocenters. The van der Waals surface area contributed by atoms with Gasteiger partial charge in [0.1, 0.15) is 19.0 Å². The van der Waals surface area contributed by atoms with Gasteiger partial charge in [0.25, 0.3) is 0 Å². The molecule has 4 amide bonds. The van der Waals surface area contributed by atoms with E-state index in [1.807, 2.05) is 98.6 Å². The van der Waals surface area contributed by atoms with Gasteiger partial charge in [0.2, 0.25) is 55.4 Å². The van der Waals surface area contributed by atoms with Crippen LogP contribution in [-0.4, -0.2) is 111 Å². The van der Waals surface area contributed by atoms with E-state index in [1.54, 1.807) is 29.2 Å². The molecule has 0 spiro atoms. The Kier molecular flexibility index (Phi) is 19.2.